The minimum absolute atomic E-state index is 0.0157. The number of hydrogen-bond donors (Lipinski definition) is 1. The summed E-state index contributed by atoms with van der Waals surface area (Å²) in [6.45, 7) is 2.66. The van der Waals surface area contributed by atoms with Crippen LogP contribution in [0.4, 0.5) is 0 Å². The van der Waals surface area contributed by atoms with Crippen molar-refractivity contribution in [3.8, 4) is 0 Å². The summed E-state index contributed by atoms with van der Waals surface area (Å²) in [5.74, 6) is -0.0195. The second-order valence-corrected chi connectivity index (χ2v) is 6.26. The first-order valence-corrected chi connectivity index (χ1v) is 8.35. The van der Waals surface area contributed by atoms with Crippen LogP contribution in [0.3, 0.4) is 0 Å². The second-order valence-electron chi connectivity index (χ2n) is 6.26. The number of carbonyl (C=O) groups excluding carboxylic acids is 1. The van der Waals surface area contributed by atoms with Gasteiger partial charge in [-0.2, -0.15) is 0 Å². The maximum atomic E-state index is 12.5. The van der Waals surface area contributed by atoms with Gasteiger partial charge in [0, 0.05) is 31.6 Å². The van der Waals surface area contributed by atoms with Crippen molar-refractivity contribution in [2.75, 3.05) is 7.05 Å². The maximum absolute atomic E-state index is 12.5. The van der Waals surface area contributed by atoms with E-state index in [1.807, 2.05) is 55.7 Å². The largest absolute Gasteiger partial charge is 0.339 e. The molecule has 1 N–H and O–H groups in total. The van der Waals surface area contributed by atoms with Crippen LogP contribution in [0.15, 0.2) is 54.9 Å². The fraction of sp³-hybridized carbons (Fsp3) is 0.250. The summed E-state index contributed by atoms with van der Waals surface area (Å²) in [6.07, 6.45) is 3.75. The van der Waals surface area contributed by atoms with Crippen molar-refractivity contribution >= 4 is 23.2 Å². The van der Waals surface area contributed by atoms with Crippen molar-refractivity contribution in [1.29, 1.82) is 5.41 Å². The van der Waals surface area contributed by atoms with Crippen LogP contribution in [0.1, 0.15) is 29.3 Å². The number of hydrogen-bond acceptors (Lipinski definition) is 3. The van der Waals surface area contributed by atoms with Crippen molar-refractivity contribution in [3.63, 3.8) is 0 Å². The SMILES string of the molecule is C[C@H](CC=N)N(C)C(=O)c1ccc(Cn2cnc3ccccc32)cc1. The molecule has 0 aliphatic rings. The van der Waals surface area contributed by atoms with E-state index in [9.17, 15) is 4.79 Å². The summed E-state index contributed by atoms with van der Waals surface area (Å²) >= 11 is 0. The van der Waals surface area contributed by atoms with E-state index in [0.717, 1.165) is 23.1 Å². The Morgan fingerprint density at radius 1 is 1.24 bits per heavy atom. The first-order valence-electron chi connectivity index (χ1n) is 8.35. The van der Waals surface area contributed by atoms with E-state index < -0.39 is 0 Å². The molecule has 5 heteroatoms. The molecule has 1 atom stereocenters. The first-order chi connectivity index (χ1) is 12.1. The lowest BCUT2D eigenvalue weighted by molar-refractivity contribution is 0.0748. The molecule has 5 nitrogen and oxygen atoms in total. The summed E-state index contributed by atoms with van der Waals surface area (Å²) in [4.78, 5) is 18.6. The van der Waals surface area contributed by atoms with Crippen LogP contribution >= 0.6 is 0 Å². The maximum Gasteiger partial charge on any atom is 0.253 e. The zero-order valence-electron chi connectivity index (χ0n) is 14.5. The lowest BCUT2D eigenvalue weighted by Crippen LogP contribution is -2.35. The van der Waals surface area contributed by atoms with E-state index in [1.54, 1.807) is 11.9 Å². The molecule has 1 heterocycles. The lowest BCUT2D eigenvalue weighted by Gasteiger charge is -2.23. The van der Waals surface area contributed by atoms with E-state index in [1.165, 1.54) is 6.21 Å². The molecule has 0 bridgehead atoms. The van der Waals surface area contributed by atoms with Gasteiger partial charge >= 0.3 is 0 Å². The molecular weight excluding hydrogens is 312 g/mol. The number of para-hydroxylation sites is 2. The average molecular weight is 334 g/mol. The number of amides is 1. The van der Waals surface area contributed by atoms with Crippen LogP contribution < -0.4 is 0 Å². The molecule has 0 fully saturated rings. The zero-order chi connectivity index (χ0) is 17.8. The van der Waals surface area contributed by atoms with Gasteiger partial charge in [0.25, 0.3) is 5.91 Å². The molecule has 0 spiro atoms. The third-order valence-corrected chi connectivity index (χ3v) is 4.52. The number of fused-ring (bicyclic) bond motifs is 1. The second kappa shape index (κ2) is 7.30. The Morgan fingerprint density at radius 3 is 2.68 bits per heavy atom. The van der Waals surface area contributed by atoms with Crippen LogP contribution in [-0.4, -0.2) is 39.7 Å². The van der Waals surface area contributed by atoms with E-state index in [0.29, 0.717) is 12.0 Å². The van der Waals surface area contributed by atoms with Gasteiger partial charge in [-0.1, -0.05) is 24.3 Å². The van der Waals surface area contributed by atoms with Gasteiger partial charge in [-0.05, 0) is 43.0 Å². The summed E-state index contributed by atoms with van der Waals surface area (Å²) in [7, 11) is 1.78. The number of benzene rings is 2. The Kier molecular flexibility index (Phi) is 4.93. The molecule has 25 heavy (non-hydrogen) atoms. The van der Waals surface area contributed by atoms with Gasteiger partial charge in [0.2, 0.25) is 0 Å². The average Bonchev–Trinajstić information content (AvgIpc) is 3.04. The molecule has 3 aromatic rings. The quantitative estimate of drug-likeness (QED) is 0.700. The van der Waals surface area contributed by atoms with Crippen LogP contribution in [-0.2, 0) is 6.54 Å². The number of nitrogens with zero attached hydrogens (tertiary/aromatic N) is 3. The van der Waals surface area contributed by atoms with Crippen LogP contribution in [0.25, 0.3) is 11.0 Å². The molecule has 0 aliphatic carbocycles. The van der Waals surface area contributed by atoms with Gasteiger partial charge in [-0.25, -0.2) is 4.98 Å². The van der Waals surface area contributed by atoms with E-state index in [4.69, 9.17) is 5.41 Å². The molecule has 1 amide bonds. The fourth-order valence-electron chi connectivity index (χ4n) is 2.82. The highest BCUT2D eigenvalue weighted by molar-refractivity contribution is 5.94. The van der Waals surface area contributed by atoms with E-state index in [2.05, 4.69) is 15.6 Å². The predicted octanol–water partition coefficient (Wildman–Crippen LogP) is 3.58. The summed E-state index contributed by atoms with van der Waals surface area (Å²) < 4.78 is 2.10. The van der Waals surface area contributed by atoms with E-state index in [-0.39, 0.29) is 11.9 Å². The normalized spacial score (nSPS) is 12.1. The minimum Gasteiger partial charge on any atom is -0.339 e. The highest BCUT2D eigenvalue weighted by Gasteiger charge is 2.16. The fourth-order valence-corrected chi connectivity index (χ4v) is 2.82. The van der Waals surface area contributed by atoms with Crippen molar-refractivity contribution in [3.05, 3.63) is 66.0 Å². The van der Waals surface area contributed by atoms with Gasteiger partial charge < -0.3 is 14.9 Å². The summed E-state index contributed by atoms with van der Waals surface area (Å²) in [5.41, 5.74) is 3.87. The zero-order valence-corrected chi connectivity index (χ0v) is 14.5. The summed E-state index contributed by atoms with van der Waals surface area (Å²) in [5, 5.41) is 7.18. The Morgan fingerprint density at radius 2 is 1.96 bits per heavy atom. The number of imidazole rings is 1. The molecule has 1 aromatic heterocycles. The van der Waals surface area contributed by atoms with Gasteiger partial charge in [0.15, 0.2) is 0 Å². The van der Waals surface area contributed by atoms with Crippen molar-refractivity contribution in [1.82, 2.24) is 14.5 Å². The first kappa shape index (κ1) is 16.9. The van der Waals surface area contributed by atoms with Crippen LogP contribution in [0.2, 0.25) is 0 Å². The lowest BCUT2D eigenvalue weighted by atomic mass is 10.1. The number of carbonyl (C=O) groups is 1. The number of nitrogens with one attached hydrogen (secondary N) is 1. The van der Waals surface area contributed by atoms with Gasteiger partial charge in [0.1, 0.15) is 0 Å². The van der Waals surface area contributed by atoms with Crippen molar-refractivity contribution < 1.29 is 4.79 Å². The molecule has 0 unspecified atom stereocenters. The smallest absolute Gasteiger partial charge is 0.253 e. The molecule has 0 aliphatic heterocycles. The van der Waals surface area contributed by atoms with Gasteiger partial charge in [0.05, 0.1) is 17.4 Å². The Labute approximate surface area is 147 Å². The van der Waals surface area contributed by atoms with Crippen molar-refractivity contribution in [2.24, 2.45) is 0 Å². The third kappa shape index (κ3) is 3.60. The number of rotatable bonds is 6. The van der Waals surface area contributed by atoms with Gasteiger partial charge in [-0.15, -0.1) is 0 Å². The third-order valence-electron chi connectivity index (χ3n) is 4.52. The number of aromatic nitrogens is 2. The topological polar surface area (TPSA) is 62.0 Å². The van der Waals surface area contributed by atoms with Crippen molar-refractivity contribution in [2.45, 2.75) is 25.9 Å². The summed E-state index contributed by atoms with van der Waals surface area (Å²) in [6, 6.07) is 15.8. The van der Waals surface area contributed by atoms with Gasteiger partial charge in [-0.3, -0.25) is 4.79 Å². The molecule has 128 valence electrons. The highest BCUT2D eigenvalue weighted by atomic mass is 16.2. The standard InChI is InChI=1S/C20H22N4O/c1-15(11-12-21)23(2)20(25)17-9-7-16(8-10-17)13-24-14-22-18-5-3-4-6-19(18)24/h3-10,12,14-15,21H,11,13H2,1-2H3/t15-/m1/s1. The molecule has 3 rings (SSSR count). The molecule has 0 radical (unpaired) electrons. The highest BCUT2D eigenvalue weighted by Crippen LogP contribution is 2.15. The van der Waals surface area contributed by atoms with Crippen LogP contribution in [0.5, 0.6) is 0 Å². The van der Waals surface area contributed by atoms with E-state index >= 15 is 0 Å². The Hall–Kier alpha value is -2.95. The monoisotopic (exact) mass is 334 g/mol. The predicted molar refractivity (Wildman–Crippen MR) is 100 cm³/mol. The molecule has 0 saturated heterocycles. The molecule has 2 aromatic carbocycles. The Bertz CT molecular complexity index is 882. The molecule has 0 saturated carbocycles. The minimum atomic E-state index is -0.0195. The Balaban J connectivity index is 1.74. The molecular formula is C20H22N4O. The van der Waals surface area contributed by atoms with Crippen LogP contribution in [0, 0.1) is 5.41 Å².